The summed E-state index contributed by atoms with van der Waals surface area (Å²) in [5, 5.41) is 0. The number of halogens is 1. The van der Waals surface area contributed by atoms with Crippen LogP contribution in [0.5, 0.6) is 0 Å². The van der Waals surface area contributed by atoms with Gasteiger partial charge in [0.1, 0.15) is 0 Å². The fraction of sp³-hybridized carbons (Fsp3) is 1.00. The first-order chi connectivity index (χ1) is 8.31. The molecule has 1 unspecified atom stereocenters. The Morgan fingerprint density at radius 3 is 2.00 bits per heavy atom. The van der Waals surface area contributed by atoms with Crippen LogP contribution in [0.2, 0.25) is 0 Å². The third-order valence-corrected chi connectivity index (χ3v) is 3.44. The minimum Gasteiger partial charge on any atom is -0.328 e. The highest BCUT2D eigenvalue weighted by Gasteiger charge is 2.04. The van der Waals surface area contributed by atoms with Crippen LogP contribution in [0, 0.1) is 0 Å². The summed E-state index contributed by atoms with van der Waals surface area (Å²) in [6.07, 6.45) is 10.1. The summed E-state index contributed by atoms with van der Waals surface area (Å²) in [5.41, 5.74) is 0. The number of rotatable bonds is 13. The standard InChI is InChI=1S/C12H26ClO3P/c1-2-3-4-5-6-7-8-9-11-15-17(14)16-12-10-13/h14H,2-12H2,1H3. The van der Waals surface area contributed by atoms with Gasteiger partial charge in [0.15, 0.2) is 0 Å². The molecule has 0 rings (SSSR count). The zero-order chi connectivity index (χ0) is 12.8. The lowest BCUT2D eigenvalue weighted by atomic mass is 10.1. The summed E-state index contributed by atoms with van der Waals surface area (Å²) < 4.78 is 10.1. The van der Waals surface area contributed by atoms with Gasteiger partial charge in [0.25, 0.3) is 0 Å². The monoisotopic (exact) mass is 284 g/mol. The van der Waals surface area contributed by atoms with Gasteiger partial charge in [-0.2, -0.15) is 0 Å². The van der Waals surface area contributed by atoms with Crippen molar-refractivity contribution >= 4 is 20.2 Å². The molecule has 0 fully saturated rings. The second kappa shape index (κ2) is 14.7. The van der Waals surface area contributed by atoms with Gasteiger partial charge in [-0.25, -0.2) is 0 Å². The van der Waals surface area contributed by atoms with Gasteiger partial charge in [0, 0.05) is 5.88 Å². The molecule has 1 atom stereocenters. The quantitative estimate of drug-likeness (QED) is 0.305. The SMILES string of the molecule is CCCCCCCCCCOP(O)OCCCl. The molecule has 0 saturated carbocycles. The van der Waals surface area contributed by atoms with Crippen LogP contribution in [0.25, 0.3) is 0 Å². The predicted molar refractivity (Wildman–Crippen MR) is 74.4 cm³/mol. The molecule has 104 valence electrons. The van der Waals surface area contributed by atoms with Crippen molar-refractivity contribution in [2.24, 2.45) is 0 Å². The zero-order valence-electron chi connectivity index (χ0n) is 10.9. The van der Waals surface area contributed by atoms with Gasteiger partial charge >= 0.3 is 8.60 Å². The van der Waals surface area contributed by atoms with E-state index in [-0.39, 0.29) is 0 Å². The lowest BCUT2D eigenvalue weighted by molar-refractivity contribution is 0.205. The molecule has 0 saturated heterocycles. The first-order valence-corrected chi connectivity index (χ1v) is 8.28. The highest BCUT2D eigenvalue weighted by Crippen LogP contribution is 2.32. The molecule has 0 amide bonds. The van der Waals surface area contributed by atoms with Crippen LogP contribution in [0.1, 0.15) is 58.3 Å². The van der Waals surface area contributed by atoms with Crippen molar-refractivity contribution in [1.29, 1.82) is 0 Å². The van der Waals surface area contributed by atoms with Gasteiger partial charge in [0.2, 0.25) is 0 Å². The molecule has 0 aliphatic heterocycles. The normalized spacial score (nSPS) is 12.9. The molecule has 0 heterocycles. The van der Waals surface area contributed by atoms with Crippen LogP contribution in [-0.2, 0) is 9.05 Å². The average Bonchev–Trinajstić information content (AvgIpc) is 2.34. The Hall–Kier alpha value is 0.600. The Labute approximate surface area is 112 Å². The topological polar surface area (TPSA) is 38.7 Å². The molecule has 0 radical (unpaired) electrons. The number of unbranched alkanes of at least 4 members (excludes halogenated alkanes) is 7. The van der Waals surface area contributed by atoms with Gasteiger partial charge in [-0.3, -0.25) is 0 Å². The highest BCUT2D eigenvalue weighted by atomic mass is 35.5. The van der Waals surface area contributed by atoms with Gasteiger partial charge in [-0.1, -0.05) is 51.9 Å². The number of alkyl halides is 1. The molecular weight excluding hydrogens is 259 g/mol. The lowest BCUT2D eigenvalue weighted by Crippen LogP contribution is -1.95. The fourth-order valence-electron chi connectivity index (χ4n) is 1.53. The van der Waals surface area contributed by atoms with E-state index >= 15 is 0 Å². The van der Waals surface area contributed by atoms with Crippen LogP contribution in [0.15, 0.2) is 0 Å². The van der Waals surface area contributed by atoms with E-state index in [0.29, 0.717) is 19.1 Å². The van der Waals surface area contributed by atoms with E-state index in [1.165, 1.54) is 44.9 Å². The van der Waals surface area contributed by atoms with E-state index in [2.05, 4.69) is 6.92 Å². The first kappa shape index (κ1) is 17.6. The molecule has 0 bridgehead atoms. The van der Waals surface area contributed by atoms with E-state index in [9.17, 15) is 4.89 Å². The maximum atomic E-state index is 9.24. The second-order valence-electron chi connectivity index (χ2n) is 4.07. The Balaban J connectivity index is 3.02. The summed E-state index contributed by atoms with van der Waals surface area (Å²) in [4.78, 5) is 9.24. The molecule has 3 nitrogen and oxygen atoms in total. The Morgan fingerprint density at radius 1 is 0.882 bits per heavy atom. The zero-order valence-corrected chi connectivity index (χ0v) is 12.5. The minimum absolute atomic E-state index is 0.348. The van der Waals surface area contributed by atoms with Gasteiger partial charge in [-0.15, -0.1) is 11.6 Å². The lowest BCUT2D eigenvalue weighted by Gasteiger charge is -2.09. The van der Waals surface area contributed by atoms with Crippen LogP contribution >= 0.6 is 20.2 Å². The summed E-state index contributed by atoms with van der Waals surface area (Å²) in [6, 6.07) is 0. The van der Waals surface area contributed by atoms with Crippen LogP contribution in [0.4, 0.5) is 0 Å². The predicted octanol–water partition coefficient (Wildman–Crippen LogP) is 4.62. The average molecular weight is 285 g/mol. The van der Waals surface area contributed by atoms with Crippen LogP contribution in [0.3, 0.4) is 0 Å². The second-order valence-corrected chi connectivity index (χ2v) is 5.44. The van der Waals surface area contributed by atoms with Crippen molar-refractivity contribution in [3.63, 3.8) is 0 Å². The van der Waals surface area contributed by atoms with Crippen molar-refractivity contribution in [1.82, 2.24) is 0 Å². The molecular formula is C12H26ClO3P. The number of hydrogen-bond acceptors (Lipinski definition) is 3. The molecule has 0 spiro atoms. The molecule has 0 aromatic heterocycles. The third kappa shape index (κ3) is 14.5. The summed E-state index contributed by atoms with van der Waals surface area (Å²) in [7, 11) is -1.70. The molecule has 0 aliphatic carbocycles. The van der Waals surface area contributed by atoms with Crippen molar-refractivity contribution in [2.75, 3.05) is 19.1 Å². The Bertz CT molecular complexity index is 150. The first-order valence-electron chi connectivity index (χ1n) is 6.62. The Kier molecular flexibility index (Phi) is 15.2. The third-order valence-electron chi connectivity index (χ3n) is 2.48. The van der Waals surface area contributed by atoms with Gasteiger partial charge in [0.05, 0.1) is 13.2 Å². The van der Waals surface area contributed by atoms with E-state index in [0.717, 1.165) is 6.42 Å². The van der Waals surface area contributed by atoms with E-state index in [1.54, 1.807) is 0 Å². The van der Waals surface area contributed by atoms with Crippen molar-refractivity contribution in [3.05, 3.63) is 0 Å². The van der Waals surface area contributed by atoms with Crippen molar-refractivity contribution < 1.29 is 13.9 Å². The Morgan fingerprint density at radius 2 is 1.41 bits per heavy atom. The molecule has 1 N–H and O–H groups in total. The van der Waals surface area contributed by atoms with Crippen molar-refractivity contribution in [3.8, 4) is 0 Å². The number of hydrogen-bond donors (Lipinski definition) is 1. The van der Waals surface area contributed by atoms with E-state index in [1.807, 2.05) is 0 Å². The molecule has 5 heteroatoms. The summed E-state index contributed by atoms with van der Waals surface area (Å²) in [5.74, 6) is 0.389. The molecule has 17 heavy (non-hydrogen) atoms. The van der Waals surface area contributed by atoms with E-state index < -0.39 is 8.60 Å². The van der Waals surface area contributed by atoms with Gasteiger partial charge < -0.3 is 13.9 Å². The maximum absolute atomic E-state index is 9.24. The summed E-state index contributed by atoms with van der Waals surface area (Å²) >= 11 is 5.42. The summed E-state index contributed by atoms with van der Waals surface area (Å²) in [6.45, 7) is 3.16. The minimum atomic E-state index is -1.70. The fourth-order valence-corrected chi connectivity index (χ4v) is 2.32. The molecule has 0 aromatic carbocycles. The van der Waals surface area contributed by atoms with Crippen LogP contribution in [-0.4, -0.2) is 24.0 Å². The van der Waals surface area contributed by atoms with E-state index in [4.69, 9.17) is 20.6 Å². The largest absolute Gasteiger partial charge is 0.329 e. The van der Waals surface area contributed by atoms with Crippen molar-refractivity contribution in [2.45, 2.75) is 58.3 Å². The molecule has 0 aromatic rings. The van der Waals surface area contributed by atoms with Gasteiger partial charge in [-0.05, 0) is 6.42 Å². The highest BCUT2D eigenvalue weighted by molar-refractivity contribution is 7.40. The van der Waals surface area contributed by atoms with Crippen LogP contribution < -0.4 is 0 Å². The molecule has 0 aliphatic rings. The maximum Gasteiger partial charge on any atom is 0.329 e. The smallest absolute Gasteiger partial charge is 0.328 e.